The van der Waals surface area contributed by atoms with Gasteiger partial charge in [0.25, 0.3) is 0 Å². The minimum atomic E-state index is -0.595. The van der Waals surface area contributed by atoms with Crippen LogP contribution in [0.25, 0.3) is 0 Å². The standard InChI is InChI=1S/C14H13ClO4/c1-2-8-6-7-9(4-3-5-10(15)16)12-11(8)13(17)19-14(12)18/h6-7H,2-5H2,1H3. The molecule has 0 spiro atoms. The van der Waals surface area contributed by atoms with E-state index in [1.165, 1.54) is 0 Å². The van der Waals surface area contributed by atoms with Crippen LogP contribution in [0.1, 0.15) is 51.6 Å². The SMILES string of the molecule is CCc1ccc(CCCC(=O)Cl)c2c1C(=O)OC2=O. The van der Waals surface area contributed by atoms with E-state index in [0.717, 1.165) is 11.1 Å². The molecule has 1 aliphatic rings. The van der Waals surface area contributed by atoms with Crippen molar-refractivity contribution in [2.75, 3.05) is 0 Å². The van der Waals surface area contributed by atoms with Crippen LogP contribution in [0.3, 0.4) is 0 Å². The van der Waals surface area contributed by atoms with Gasteiger partial charge in [0.05, 0.1) is 11.1 Å². The molecular weight excluding hydrogens is 268 g/mol. The lowest BCUT2D eigenvalue weighted by Gasteiger charge is -2.07. The van der Waals surface area contributed by atoms with E-state index in [9.17, 15) is 14.4 Å². The molecule has 0 fully saturated rings. The first-order valence-corrected chi connectivity index (χ1v) is 6.52. The fourth-order valence-electron chi connectivity index (χ4n) is 2.26. The number of aryl methyl sites for hydroxylation is 2. The third-order valence-corrected chi connectivity index (χ3v) is 3.36. The number of fused-ring (bicyclic) bond motifs is 1. The Labute approximate surface area is 115 Å². The zero-order chi connectivity index (χ0) is 14.0. The van der Waals surface area contributed by atoms with Gasteiger partial charge in [-0.2, -0.15) is 0 Å². The predicted molar refractivity (Wildman–Crippen MR) is 69.4 cm³/mol. The van der Waals surface area contributed by atoms with Gasteiger partial charge < -0.3 is 4.74 Å². The highest BCUT2D eigenvalue weighted by molar-refractivity contribution is 6.63. The fourth-order valence-corrected chi connectivity index (χ4v) is 2.40. The monoisotopic (exact) mass is 280 g/mol. The highest BCUT2D eigenvalue weighted by Gasteiger charge is 2.33. The van der Waals surface area contributed by atoms with Crippen molar-refractivity contribution in [2.45, 2.75) is 32.6 Å². The molecule has 1 aromatic carbocycles. The maximum Gasteiger partial charge on any atom is 0.347 e. The van der Waals surface area contributed by atoms with Crippen molar-refractivity contribution in [3.8, 4) is 0 Å². The Balaban J connectivity index is 2.34. The van der Waals surface area contributed by atoms with E-state index in [2.05, 4.69) is 4.74 Å². The van der Waals surface area contributed by atoms with Crippen molar-refractivity contribution in [1.82, 2.24) is 0 Å². The molecule has 5 heteroatoms. The third-order valence-electron chi connectivity index (χ3n) is 3.17. The molecule has 0 saturated heterocycles. The minimum absolute atomic E-state index is 0.245. The summed E-state index contributed by atoms with van der Waals surface area (Å²) in [7, 11) is 0. The van der Waals surface area contributed by atoms with Crippen molar-refractivity contribution >= 4 is 28.8 Å². The van der Waals surface area contributed by atoms with Crippen LogP contribution in [-0.2, 0) is 22.4 Å². The zero-order valence-electron chi connectivity index (χ0n) is 10.5. The van der Waals surface area contributed by atoms with E-state index in [4.69, 9.17) is 11.6 Å². The van der Waals surface area contributed by atoms with Crippen LogP contribution in [0.2, 0.25) is 0 Å². The van der Waals surface area contributed by atoms with Crippen molar-refractivity contribution in [3.63, 3.8) is 0 Å². The summed E-state index contributed by atoms with van der Waals surface area (Å²) in [6, 6.07) is 3.65. The van der Waals surface area contributed by atoms with Gasteiger partial charge in [0.1, 0.15) is 0 Å². The van der Waals surface area contributed by atoms with Crippen LogP contribution in [0.15, 0.2) is 12.1 Å². The Morgan fingerprint density at radius 2 is 1.74 bits per heavy atom. The molecule has 4 nitrogen and oxygen atoms in total. The fraction of sp³-hybridized carbons (Fsp3) is 0.357. The number of cyclic esters (lactones) is 2. The average Bonchev–Trinajstić information content (AvgIpc) is 2.66. The number of carbonyl (C=O) groups is 3. The van der Waals surface area contributed by atoms with Gasteiger partial charge in [0.2, 0.25) is 5.24 Å². The normalized spacial score (nSPS) is 13.4. The Kier molecular flexibility index (Phi) is 4.00. The summed E-state index contributed by atoms with van der Waals surface area (Å²) in [6.07, 6.45) is 1.97. The molecule has 0 bridgehead atoms. The topological polar surface area (TPSA) is 60.4 Å². The maximum absolute atomic E-state index is 11.7. The number of esters is 2. The zero-order valence-corrected chi connectivity index (χ0v) is 11.3. The summed E-state index contributed by atoms with van der Waals surface area (Å²) in [6.45, 7) is 1.91. The highest BCUT2D eigenvalue weighted by Crippen LogP contribution is 2.28. The average molecular weight is 281 g/mol. The second-order valence-corrected chi connectivity index (χ2v) is 4.79. The van der Waals surface area contributed by atoms with Crippen LogP contribution < -0.4 is 0 Å². The molecule has 19 heavy (non-hydrogen) atoms. The molecule has 2 rings (SSSR count). The number of rotatable bonds is 5. The molecule has 0 saturated carbocycles. The smallest absolute Gasteiger partial charge is 0.347 e. The van der Waals surface area contributed by atoms with E-state index in [0.29, 0.717) is 30.4 Å². The van der Waals surface area contributed by atoms with Gasteiger partial charge in [-0.1, -0.05) is 19.1 Å². The molecule has 0 aliphatic carbocycles. The summed E-state index contributed by atoms with van der Waals surface area (Å²) >= 11 is 5.28. The number of benzene rings is 1. The summed E-state index contributed by atoms with van der Waals surface area (Å²) in [5.74, 6) is -1.17. The first kappa shape index (κ1) is 13.7. The number of hydrogen-bond donors (Lipinski definition) is 0. The van der Waals surface area contributed by atoms with E-state index < -0.39 is 17.2 Å². The molecule has 0 N–H and O–H groups in total. The number of hydrogen-bond acceptors (Lipinski definition) is 4. The largest absolute Gasteiger partial charge is 0.386 e. The summed E-state index contributed by atoms with van der Waals surface area (Å²) in [4.78, 5) is 34.1. The van der Waals surface area contributed by atoms with Gasteiger partial charge in [0, 0.05) is 6.42 Å². The Morgan fingerprint density at radius 1 is 1.16 bits per heavy atom. The van der Waals surface area contributed by atoms with Crippen molar-refractivity contribution in [1.29, 1.82) is 0 Å². The van der Waals surface area contributed by atoms with E-state index in [1.54, 1.807) is 0 Å². The second kappa shape index (κ2) is 5.53. The summed E-state index contributed by atoms with van der Waals surface area (Å²) in [5.41, 5.74) is 2.28. The Bertz CT molecular complexity index is 563. The van der Waals surface area contributed by atoms with Gasteiger partial charge in [-0.15, -0.1) is 0 Å². The molecule has 0 radical (unpaired) electrons. The molecule has 0 atom stereocenters. The number of carbonyl (C=O) groups excluding carboxylic acids is 3. The Hall–Kier alpha value is -1.68. The van der Waals surface area contributed by atoms with Crippen LogP contribution >= 0.6 is 11.6 Å². The lowest BCUT2D eigenvalue weighted by molar-refractivity contribution is -0.111. The first-order chi connectivity index (χ1) is 9.04. The van der Waals surface area contributed by atoms with Crippen LogP contribution in [-0.4, -0.2) is 17.2 Å². The predicted octanol–water partition coefficient (Wildman–Crippen LogP) is 2.65. The minimum Gasteiger partial charge on any atom is -0.386 e. The van der Waals surface area contributed by atoms with Crippen LogP contribution in [0.5, 0.6) is 0 Å². The molecule has 0 aromatic heterocycles. The van der Waals surface area contributed by atoms with Gasteiger partial charge in [-0.25, -0.2) is 9.59 Å². The molecule has 0 unspecified atom stereocenters. The van der Waals surface area contributed by atoms with E-state index in [-0.39, 0.29) is 6.42 Å². The molecule has 100 valence electrons. The Morgan fingerprint density at radius 3 is 2.32 bits per heavy atom. The van der Waals surface area contributed by atoms with Gasteiger partial charge >= 0.3 is 11.9 Å². The van der Waals surface area contributed by atoms with Crippen LogP contribution in [0, 0.1) is 0 Å². The van der Waals surface area contributed by atoms with Crippen molar-refractivity contribution < 1.29 is 19.1 Å². The third kappa shape index (κ3) is 2.68. The molecular formula is C14H13ClO4. The maximum atomic E-state index is 11.7. The van der Waals surface area contributed by atoms with E-state index >= 15 is 0 Å². The van der Waals surface area contributed by atoms with Gasteiger partial charge in [-0.05, 0) is 42.0 Å². The molecule has 1 heterocycles. The summed E-state index contributed by atoms with van der Waals surface area (Å²) < 4.78 is 4.67. The summed E-state index contributed by atoms with van der Waals surface area (Å²) in [5, 5.41) is -0.402. The first-order valence-electron chi connectivity index (χ1n) is 6.14. The quantitative estimate of drug-likeness (QED) is 0.473. The number of ether oxygens (including phenoxy) is 1. The van der Waals surface area contributed by atoms with E-state index in [1.807, 2.05) is 19.1 Å². The lowest BCUT2D eigenvalue weighted by atomic mass is 9.93. The molecule has 1 aromatic rings. The van der Waals surface area contributed by atoms with Crippen molar-refractivity contribution in [3.05, 3.63) is 34.4 Å². The number of halogens is 1. The van der Waals surface area contributed by atoms with Crippen molar-refractivity contribution in [2.24, 2.45) is 0 Å². The van der Waals surface area contributed by atoms with Gasteiger partial charge in [0.15, 0.2) is 0 Å². The molecule has 0 amide bonds. The second-order valence-electron chi connectivity index (χ2n) is 4.37. The van der Waals surface area contributed by atoms with Gasteiger partial charge in [-0.3, -0.25) is 4.79 Å². The lowest BCUT2D eigenvalue weighted by Crippen LogP contribution is -2.03. The molecule has 1 aliphatic heterocycles. The highest BCUT2D eigenvalue weighted by atomic mass is 35.5. The van der Waals surface area contributed by atoms with Crippen LogP contribution in [0.4, 0.5) is 0 Å².